The van der Waals surface area contributed by atoms with Crippen molar-refractivity contribution >= 4 is 11.8 Å². The maximum atomic E-state index is 12.5. The van der Waals surface area contributed by atoms with E-state index in [1.165, 1.54) is 23.9 Å². The van der Waals surface area contributed by atoms with Gasteiger partial charge in [0.1, 0.15) is 5.82 Å². The summed E-state index contributed by atoms with van der Waals surface area (Å²) >= 11 is 1.44. The van der Waals surface area contributed by atoms with Gasteiger partial charge in [-0.05, 0) is 31.0 Å². The van der Waals surface area contributed by atoms with Crippen LogP contribution in [-0.4, -0.2) is 26.5 Å². The largest absolute Gasteiger partial charge is 0.416 e. The maximum absolute atomic E-state index is 12.5. The molecule has 1 aromatic carbocycles. The summed E-state index contributed by atoms with van der Waals surface area (Å²) in [5, 5.41) is 17.9. The Labute approximate surface area is 136 Å². The molecular formula is C15H18F3N3OS. The van der Waals surface area contributed by atoms with Crippen LogP contribution in [0, 0.1) is 0 Å². The number of thioether (sulfide) groups is 1. The van der Waals surface area contributed by atoms with Crippen LogP contribution in [0.1, 0.15) is 30.3 Å². The van der Waals surface area contributed by atoms with Gasteiger partial charge in [0.15, 0.2) is 5.16 Å². The summed E-state index contributed by atoms with van der Waals surface area (Å²) in [4.78, 5) is 0. The third-order valence-electron chi connectivity index (χ3n) is 3.32. The topological polar surface area (TPSA) is 50.9 Å². The van der Waals surface area contributed by atoms with Gasteiger partial charge in [0.2, 0.25) is 0 Å². The van der Waals surface area contributed by atoms with Crippen molar-refractivity contribution < 1.29 is 18.3 Å². The minimum absolute atomic E-state index is 0.102. The summed E-state index contributed by atoms with van der Waals surface area (Å²) in [6.45, 7) is 2.79. The minimum Gasteiger partial charge on any atom is -0.396 e. The Balaban J connectivity index is 2.02. The lowest BCUT2D eigenvalue weighted by Gasteiger charge is -2.08. The highest BCUT2D eigenvalue weighted by Gasteiger charge is 2.29. The van der Waals surface area contributed by atoms with Crippen molar-refractivity contribution in [3.63, 3.8) is 0 Å². The van der Waals surface area contributed by atoms with Crippen LogP contribution in [0.4, 0.5) is 13.2 Å². The highest BCUT2D eigenvalue weighted by atomic mass is 32.2. The molecule has 0 amide bonds. The Bertz CT molecular complexity index is 626. The Hall–Kier alpha value is -1.54. The molecule has 0 aliphatic heterocycles. The second kappa shape index (κ2) is 7.83. The summed E-state index contributed by atoms with van der Waals surface area (Å²) in [5.41, 5.74) is 0.153. The molecule has 2 aromatic rings. The van der Waals surface area contributed by atoms with E-state index in [9.17, 15) is 13.2 Å². The number of alkyl halides is 3. The lowest BCUT2D eigenvalue weighted by molar-refractivity contribution is -0.137. The van der Waals surface area contributed by atoms with Crippen LogP contribution in [-0.2, 0) is 24.9 Å². The molecule has 0 aliphatic carbocycles. The van der Waals surface area contributed by atoms with E-state index in [-0.39, 0.29) is 6.61 Å². The lowest BCUT2D eigenvalue weighted by Crippen LogP contribution is -2.05. The summed E-state index contributed by atoms with van der Waals surface area (Å²) in [6.07, 6.45) is -3.03. The smallest absolute Gasteiger partial charge is 0.396 e. The molecule has 1 N–H and O–H groups in total. The number of halogens is 3. The predicted molar refractivity (Wildman–Crippen MR) is 82.1 cm³/mol. The molecule has 0 bridgehead atoms. The van der Waals surface area contributed by atoms with Crippen LogP contribution in [0.25, 0.3) is 0 Å². The van der Waals surface area contributed by atoms with Crippen molar-refractivity contribution in [3.05, 3.63) is 41.2 Å². The second-order valence-electron chi connectivity index (χ2n) is 4.95. The molecule has 2 rings (SSSR count). The Morgan fingerprint density at radius 2 is 1.87 bits per heavy atom. The summed E-state index contributed by atoms with van der Waals surface area (Å²) < 4.78 is 39.5. The minimum atomic E-state index is -4.31. The number of aromatic nitrogens is 3. The van der Waals surface area contributed by atoms with E-state index in [1.54, 1.807) is 0 Å². The van der Waals surface area contributed by atoms with Crippen molar-refractivity contribution in [1.82, 2.24) is 14.8 Å². The van der Waals surface area contributed by atoms with E-state index >= 15 is 0 Å². The first-order valence-corrected chi connectivity index (χ1v) is 8.26. The van der Waals surface area contributed by atoms with E-state index in [4.69, 9.17) is 5.11 Å². The fourth-order valence-corrected chi connectivity index (χ4v) is 3.08. The average molecular weight is 345 g/mol. The zero-order valence-corrected chi connectivity index (χ0v) is 13.5. The second-order valence-corrected chi connectivity index (χ2v) is 5.90. The van der Waals surface area contributed by atoms with Crippen LogP contribution in [0.3, 0.4) is 0 Å². The molecule has 0 fully saturated rings. The summed E-state index contributed by atoms with van der Waals surface area (Å²) in [7, 11) is 0. The number of aryl methyl sites for hydroxylation is 1. The van der Waals surface area contributed by atoms with Crippen LogP contribution < -0.4 is 0 Å². The first-order chi connectivity index (χ1) is 11.0. The molecule has 0 radical (unpaired) electrons. The normalized spacial score (nSPS) is 11.9. The number of nitrogens with zero attached hydrogens (tertiary/aromatic N) is 3. The average Bonchev–Trinajstić information content (AvgIpc) is 2.92. The zero-order chi connectivity index (χ0) is 16.9. The van der Waals surface area contributed by atoms with Gasteiger partial charge in [-0.2, -0.15) is 13.2 Å². The molecule has 1 aromatic heterocycles. The molecule has 4 nitrogen and oxygen atoms in total. The van der Waals surface area contributed by atoms with Crippen molar-refractivity contribution in [2.24, 2.45) is 0 Å². The molecule has 1 heterocycles. The van der Waals surface area contributed by atoms with Gasteiger partial charge >= 0.3 is 6.18 Å². The summed E-state index contributed by atoms with van der Waals surface area (Å²) in [5.74, 6) is 1.34. The Morgan fingerprint density at radius 3 is 2.43 bits per heavy atom. The van der Waals surface area contributed by atoms with E-state index in [1.807, 2.05) is 11.5 Å². The van der Waals surface area contributed by atoms with Gasteiger partial charge in [0.25, 0.3) is 0 Å². The van der Waals surface area contributed by atoms with E-state index in [2.05, 4.69) is 10.2 Å². The third kappa shape index (κ3) is 4.71. The van der Waals surface area contributed by atoms with Gasteiger partial charge in [-0.3, -0.25) is 0 Å². The van der Waals surface area contributed by atoms with Gasteiger partial charge in [-0.15, -0.1) is 10.2 Å². The number of hydrogen-bond donors (Lipinski definition) is 1. The van der Waals surface area contributed by atoms with Crippen LogP contribution in [0.5, 0.6) is 0 Å². The van der Waals surface area contributed by atoms with Crippen molar-refractivity contribution in [3.8, 4) is 0 Å². The van der Waals surface area contributed by atoms with E-state index < -0.39 is 11.7 Å². The number of rotatable bonds is 7. The van der Waals surface area contributed by atoms with E-state index in [0.29, 0.717) is 25.1 Å². The Morgan fingerprint density at radius 1 is 1.17 bits per heavy atom. The monoisotopic (exact) mass is 345 g/mol. The van der Waals surface area contributed by atoms with Crippen LogP contribution in [0.2, 0.25) is 0 Å². The fourth-order valence-electron chi connectivity index (χ4n) is 2.10. The highest BCUT2D eigenvalue weighted by molar-refractivity contribution is 7.98. The van der Waals surface area contributed by atoms with Gasteiger partial charge in [0, 0.05) is 25.3 Å². The number of benzene rings is 1. The van der Waals surface area contributed by atoms with Crippen molar-refractivity contribution in [2.45, 2.75) is 43.4 Å². The first kappa shape index (κ1) is 17.8. The van der Waals surface area contributed by atoms with Crippen molar-refractivity contribution in [1.29, 1.82) is 0 Å². The van der Waals surface area contributed by atoms with Gasteiger partial charge in [0.05, 0.1) is 5.56 Å². The molecule has 0 atom stereocenters. The molecule has 0 unspecified atom stereocenters. The molecule has 0 saturated carbocycles. The molecule has 0 saturated heterocycles. The van der Waals surface area contributed by atoms with Crippen LogP contribution in [0.15, 0.2) is 29.4 Å². The van der Waals surface area contributed by atoms with Crippen LogP contribution >= 0.6 is 11.8 Å². The quantitative estimate of drug-likeness (QED) is 0.780. The third-order valence-corrected chi connectivity index (χ3v) is 4.36. The highest BCUT2D eigenvalue weighted by Crippen LogP contribution is 2.30. The Kier molecular flexibility index (Phi) is 6.06. The molecule has 8 heteroatoms. The fraction of sp³-hybridized carbons (Fsp3) is 0.467. The molecule has 23 heavy (non-hydrogen) atoms. The molecule has 126 valence electrons. The van der Waals surface area contributed by atoms with Gasteiger partial charge < -0.3 is 9.67 Å². The first-order valence-electron chi connectivity index (χ1n) is 7.27. The lowest BCUT2D eigenvalue weighted by atomic mass is 10.1. The van der Waals surface area contributed by atoms with E-state index in [0.717, 1.165) is 28.7 Å². The maximum Gasteiger partial charge on any atom is 0.416 e. The molecule has 0 aliphatic rings. The predicted octanol–water partition coefficient (Wildman–Crippen LogP) is 3.53. The number of aliphatic hydroxyl groups excluding tert-OH is 1. The zero-order valence-electron chi connectivity index (χ0n) is 12.7. The molecular weight excluding hydrogens is 327 g/mol. The number of aliphatic hydroxyl groups is 1. The van der Waals surface area contributed by atoms with Gasteiger partial charge in [-0.1, -0.05) is 23.9 Å². The van der Waals surface area contributed by atoms with Gasteiger partial charge in [-0.25, -0.2) is 0 Å². The summed E-state index contributed by atoms with van der Waals surface area (Å²) in [6, 6.07) is 5.14. The SMILES string of the molecule is CCn1c(CCCO)nnc1SCc1ccc(C(F)(F)F)cc1. The number of hydrogen-bond acceptors (Lipinski definition) is 4. The molecule has 0 spiro atoms. The standard InChI is InChI=1S/C15H18F3N3OS/c1-2-21-13(4-3-9-22)19-20-14(21)23-10-11-5-7-12(8-6-11)15(16,17)18/h5-8,22H,2-4,9-10H2,1H3. The van der Waals surface area contributed by atoms with Crippen molar-refractivity contribution in [2.75, 3.05) is 6.61 Å².